The average molecular weight is 415 g/mol. The summed E-state index contributed by atoms with van der Waals surface area (Å²) in [6.45, 7) is 5.36. The Hall–Kier alpha value is -2.58. The van der Waals surface area contributed by atoms with Crippen molar-refractivity contribution in [1.29, 1.82) is 0 Å². The normalized spacial score (nSPS) is 16.3. The zero-order valence-electron chi connectivity index (χ0n) is 16.4. The Morgan fingerprint density at radius 2 is 2.21 bits per heavy atom. The van der Waals surface area contributed by atoms with Crippen LogP contribution < -0.4 is 10.6 Å². The largest absolute Gasteiger partial charge is 0.376 e. The van der Waals surface area contributed by atoms with E-state index in [0.717, 1.165) is 46.6 Å². The van der Waals surface area contributed by atoms with Gasteiger partial charge in [-0.1, -0.05) is 12.1 Å². The van der Waals surface area contributed by atoms with E-state index in [0.29, 0.717) is 17.0 Å². The number of hydrogen-bond acceptors (Lipinski definition) is 6. The van der Waals surface area contributed by atoms with Gasteiger partial charge in [0, 0.05) is 19.7 Å². The second-order valence-electron chi connectivity index (χ2n) is 7.24. The van der Waals surface area contributed by atoms with Crippen LogP contribution in [0.3, 0.4) is 0 Å². The monoisotopic (exact) mass is 414 g/mol. The van der Waals surface area contributed by atoms with Crippen LogP contribution in [0.25, 0.3) is 10.2 Å². The van der Waals surface area contributed by atoms with Crippen molar-refractivity contribution >= 4 is 33.3 Å². The number of aryl methyl sites for hydroxylation is 2. The van der Waals surface area contributed by atoms with E-state index in [1.54, 1.807) is 13.0 Å². The molecule has 0 bridgehead atoms. The molecular formula is C21H23FN4O2S. The Labute approximate surface area is 172 Å². The lowest BCUT2D eigenvalue weighted by molar-refractivity contribution is 0.0954. The molecule has 2 N–H and O–H groups in total. The van der Waals surface area contributed by atoms with Crippen molar-refractivity contribution < 1.29 is 13.9 Å². The van der Waals surface area contributed by atoms with Crippen molar-refractivity contribution in [2.45, 2.75) is 39.3 Å². The third-order valence-electron chi connectivity index (χ3n) is 5.14. The Morgan fingerprint density at radius 3 is 2.97 bits per heavy atom. The lowest BCUT2D eigenvalue weighted by Gasteiger charge is -2.12. The molecule has 0 unspecified atom stereocenters. The smallest absolute Gasteiger partial charge is 0.261 e. The summed E-state index contributed by atoms with van der Waals surface area (Å²) in [5, 5.41) is 7.09. The number of aromatic nitrogens is 2. The number of benzene rings is 1. The van der Waals surface area contributed by atoms with E-state index in [4.69, 9.17) is 4.74 Å². The molecule has 1 fully saturated rings. The van der Waals surface area contributed by atoms with E-state index < -0.39 is 0 Å². The third kappa shape index (κ3) is 4.23. The number of ether oxygens (including phenoxy) is 1. The van der Waals surface area contributed by atoms with Gasteiger partial charge in [-0.25, -0.2) is 14.4 Å². The summed E-state index contributed by atoms with van der Waals surface area (Å²) >= 11 is 1.34. The number of carbonyl (C=O) groups is 1. The third-order valence-corrected chi connectivity index (χ3v) is 6.34. The van der Waals surface area contributed by atoms with Crippen molar-refractivity contribution in [3.63, 3.8) is 0 Å². The molecule has 1 atom stereocenters. The maximum Gasteiger partial charge on any atom is 0.261 e. The molecule has 1 aliphatic heterocycles. The number of thiophene rings is 1. The van der Waals surface area contributed by atoms with Crippen molar-refractivity contribution in [3.8, 4) is 0 Å². The second kappa shape index (κ2) is 8.42. The van der Waals surface area contributed by atoms with E-state index in [9.17, 15) is 9.18 Å². The molecule has 1 saturated heterocycles. The first-order chi connectivity index (χ1) is 14.0. The van der Waals surface area contributed by atoms with Crippen LogP contribution in [0, 0.1) is 19.7 Å². The molecule has 1 amide bonds. The highest BCUT2D eigenvalue weighted by molar-refractivity contribution is 7.20. The molecule has 3 heterocycles. The van der Waals surface area contributed by atoms with Gasteiger partial charge in [-0.05, 0) is 49.4 Å². The Kier molecular flexibility index (Phi) is 5.73. The summed E-state index contributed by atoms with van der Waals surface area (Å²) in [6.07, 6.45) is 3.82. The summed E-state index contributed by atoms with van der Waals surface area (Å²) in [6, 6.07) is 4.98. The van der Waals surface area contributed by atoms with Crippen LogP contribution in [-0.2, 0) is 11.3 Å². The number of nitrogens with zero attached hydrogens (tertiary/aromatic N) is 2. The average Bonchev–Trinajstić information content (AvgIpc) is 3.35. The fourth-order valence-corrected chi connectivity index (χ4v) is 4.51. The zero-order chi connectivity index (χ0) is 20.4. The Morgan fingerprint density at radius 1 is 1.34 bits per heavy atom. The molecule has 0 saturated carbocycles. The van der Waals surface area contributed by atoms with Crippen LogP contribution in [0.5, 0.6) is 0 Å². The minimum Gasteiger partial charge on any atom is -0.376 e. The SMILES string of the molecule is Cc1ccc(CNC(=O)c2sc3ncnc(NC[C@H]4CCCO4)c3c2C)cc1F. The molecule has 0 radical (unpaired) electrons. The summed E-state index contributed by atoms with van der Waals surface area (Å²) in [5.74, 6) is 0.252. The number of anilines is 1. The topological polar surface area (TPSA) is 76.1 Å². The fraction of sp³-hybridized carbons (Fsp3) is 0.381. The first-order valence-electron chi connectivity index (χ1n) is 9.65. The van der Waals surface area contributed by atoms with Crippen molar-refractivity contribution in [2.75, 3.05) is 18.5 Å². The van der Waals surface area contributed by atoms with Gasteiger partial charge in [-0.3, -0.25) is 4.79 Å². The predicted molar refractivity (Wildman–Crippen MR) is 112 cm³/mol. The van der Waals surface area contributed by atoms with Gasteiger partial charge in [-0.15, -0.1) is 11.3 Å². The molecule has 152 valence electrons. The summed E-state index contributed by atoms with van der Waals surface area (Å²) in [5.41, 5.74) is 2.15. The predicted octanol–water partition coefficient (Wildman–Crippen LogP) is 3.97. The van der Waals surface area contributed by atoms with Crippen LogP contribution in [0.2, 0.25) is 0 Å². The van der Waals surface area contributed by atoms with E-state index in [1.165, 1.54) is 23.7 Å². The van der Waals surface area contributed by atoms with E-state index >= 15 is 0 Å². The number of nitrogens with one attached hydrogen (secondary N) is 2. The van der Waals surface area contributed by atoms with Gasteiger partial charge in [-0.2, -0.15) is 0 Å². The highest BCUT2D eigenvalue weighted by Gasteiger charge is 2.21. The maximum atomic E-state index is 13.7. The fourth-order valence-electron chi connectivity index (χ4n) is 3.45. The first-order valence-corrected chi connectivity index (χ1v) is 10.5. The Bertz CT molecular complexity index is 1050. The molecule has 0 spiro atoms. The zero-order valence-corrected chi connectivity index (χ0v) is 17.2. The van der Waals surface area contributed by atoms with E-state index in [1.807, 2.05) is 13.0 Å². The quantitative estimate of drug-likeness (QED) is 0.638. The standard InChI is InChI=1S/C21H23FN4O2S/c1-12-5-6-14(8-16(12)22)9-24-20(27)18-13(2)17-19(25-11-26-21(17)29-18)23-10-15-4-3-7-28-15/h5-6,8,11,15H,3-4,7,9-10H2,1-2H3,(H,24,27)(H,23,25,26)/t15-/m1/s1. The van der Waals surface area contributed by atoms with Gasteiger partial charge in [0.2, 0.25) is 0 Å². The van der Waals surface area contributed by atoms with Gasteiger partial charge in [0.05, 0.1) is 16.4 Å². The minimum atomic E-state index is -0.271. The van der Waals surface area contributed by atoms with Gasteiger partial charge in [0.25, 0.3) is 5.91 Å². The number of rotatable bonds is 6. The lowest BCUT2D eigenvalue weighted by atomic mass is 10.1. The molecule has 6 nitrogen and oxygen atoms in total. The van der Waals surface area contributed by atoms with E-state index in [2.05, 4.69) is 20.6 Å². The van der Waals surface area contributed by atoms with Crippen LogP contribution >= 0.6 is 11.3 Å². The molecule has 1 aromatic carbocycles. The highest BCUT2D eigenvalue weighted by Crippen LogP contribution is 2.33. The van der Waals surface area contributed by atoms with Gasteiger partial charge >= 0.3 is 0 Å². The molecular weight excluding hydrogens is 391 g/mol. The van der Waals surface area contributed by atoms with Crippen LogP contribution in [0.4, 0.5) is 10.2 Å². The number of halogens is 1. The van der Waals surface area contributed by atoms with Crippen LogP contribution in [0.1, 0.15) is 39.2 Å². The summed E-state index contributed by atoms with van der Waals surface area (Å²) in [4.78, 5) is 22.8. The first kappa shape index (κ1) is 19.7. The summed E-state index contributed by atoms with van der Waals surface area (Å²) in [7, 11) is 0. The number of hydrogen-bond donors (Lipinski definition) is 2. The molecule has 1 aliphatic rings. The highest BCUT2D eigenvalue weighted by atomic mass is 32.1. The van der Waals surface area contributed by atoms with E-state index in [-0.39, 0.29) is 24.4 Å². The van der Waals surface area contributed by atoms with Crippen molar-refractivity contribution in [1.82, 2.24) is 15.3 Å². The number of amides is 1. The Balaban J connectivity index is 1.50. The second-order valence-corrected chi connectivity index (χ2v) is 8.24. The molecule has 2 aromatic heterocycles. The molecule has 3 aromatic rings. The molecule has 29 heavy (non-hydrogen) atoms. The van der Waals surface area contributed by atoms with Crippen LogP contribution in [-0.4, -0.2) is 35.1 Å². The number of fused-ring (bicyclic) bond motifs is 1. The number of carbonyl (C=O) groups excluding carboxylic acids is 1. The van der Waals surface area contributed by atoms with Crippen molar-refractivity contribution in [2.24, 2.45) is 0 Å². The van der Waals surface area contributed by atoms with Crippen LogP contribution in [0.15, 0.2) is 24.5 Å². The molecule has 4 rings (SSSR count). The lowest BCUT2D eigenvalue weighted by Crippen LogP contribution is -2.22. The van der Waals surface area contributed by atoms with Gasteiger partial charge in [0.1, 0.15) is 22.8 Å². The van der Waals surface area contributed by atoms with Gasteiger partial charge in [0.15, 0.2) is 0 Å². The molecule has 8 heteroatoms. The van der Waals surface area contributed by atoms with Gasteiger partial charge < -0.3 is 15.4 Å². The minimum absolute atomic E-state index is 0.191. The maximum absolute atomic E-state index is 13.7. The van der Waals surface area contributed by atoms with Crippen molar-refractivity contribution in [3.05, 3.63) is 51.9 Å². The summed E-state index contributed by atoms with van der Waals surface area (Å²) < 4.78 is 19.4. The molecule has 0 aliphatic carbocycles.